The van der Waals surface area contributed by atoms with Crippen molar-refractivity contribution in [1.82, 2.24) is 0 Å². The van der Waals surface area contributed by atoms with Crippen molar-refractivity contribution in [3.8, 4) is 17.2 Å². The Hall–Kier alpha value is -0.900. The Kier molecular flexibility index (Phi) is 2.11. The molecule has 0 saturated heterocycles. The lowest BCUT2D eigenvalue weighted by molar-refractivity contribution is 0.244. The third-order valence-electron chi connectivity index (χ3n) is 3.13. The predicted molar refractivity (Wildman–Crippen MR) is 63.4 cm³/mol. The molecule has 3 rings (SSSR count). The van der Waals surface area contributed by atoms with Crippen LogP contribution in [0.15, 0.2) is 4.47 Å². The molecule has 86 valence electrons. The monoisotopic (exact) mass is 284 g/mol. The topological polar surface area (TPSA) is 38.7 Å². The van der Waals surface area contributed by atoms with E-state index in [1.54, 1.807) is 0 Å². The minimum atomic E-state index is 0.122. The van der Waals surface area contributed by atoms with Crippen LogP contribution in [0.5, 0.6) is 17.2 Å². The lowest BCUT2D eigenvalue weighted by Gasteiger charge is -2.10. The summed E-state index contributed by atoms with van der Waals surface area (Å²) in [7, 11) is 0. The number of rotatable bonds is 0. The second-order valence-electron chi connectivity index (χ2n) is 4.54. The highest BCUT2D eigenvalue weighted by atomic mass is 79.9. The molecule has 2 atom stereocenters. The predicted octanol–water partition coefficient (Wildman–Crippen LogP) is 2.80. The second-order valence-corrected chi connectivity index (χ2v) is 5.34. The molecule has 4 heteroatoms. The fourth-order valence-electron chi connectivity index (χ4n) is 2.44. The van der Waals surface area contributed by atoms with Gasteiger partial charge in [0.1, 0.15) is 18.0 Å². The minimum Gasteiger partial charge on any atom is -0.504 e. The van der Waals surface area contributed by atoms with E-state index in [4.69, 9.17) is 9.47 Å². The highest BCUT2D eigenvalue weighted by Gasteiger charge is 2.34. The molecule has 1 aromatic carbocycles. The first-order valence-corrected chi connectivity index (χ1v) is 6.26. The van der Waals surface area contributed by atoms with Crippen molar-refractivity contribution in [2.75, 3.05) is 0 Å². The molecule has 0 spiro atoms. The molecule has 2 unspecified atom stereocenters. The van der Waals surface area contributed by atoms with Crippen LogP contribution in [0.3, 0.4) is 0 Å². The van der Waals surface area contributed by atoms with Crippen LogP contribution in [0.1, 0.15) is 25.0 Å². The number of phenols is 1. The molecule has 1 N–H and O–H groups in total. The van der Waals surface area contributed by atoms with E-state index in [2.05, 4.69) is 15.9 Å². The molecule has 0 aromatic heterocycles. The summed E-state index contributed by atoms with van der Waals surface area (Å²) in [4.78, 5) is 0. The Morgan fingerprint density at radius 3 is 2.31 bits per heavy atom. The van der Waals surface area contributed by atoms with Crippen LogP contribution in [0.25, 0.3) is 0 Å². The van der Waals surface area contributed by atoms with E-state index in [-0.39, 0.29) is 18.0 Å². The van der Waals surface area contributed by atoms with Crippen LogP contribution < -0.4 is 9.47 Å². The van der Waals surface area contributed by atoms with Crippen molar-refractivity contribution in [3.63, 3.8) is 0 Å². The smallest absolute Gasteiger partial charge is 0.166 e. The maximum absolute atomic E-state index is 10.2. The molecule has 3 nitrogen and oxygen atoms in total. The molecule has 0 amide bonds. The molecule has 16 heavy (non-hydrogen) atoms. The van der Waals surface area contributed by atoms with Crippen LogP contribution in [-0.2, 0) is 12.8 Å². The molecule has 0 radical (unpaired) electrons. The van der Waals surface area contributed by atoms with Crippen LogP contribution in [0, 0.1) is 0 Å². The number of phenolic OH excluding ortho intramolecular Hbond substituents is 1. The van der Waals surface area contributed by atoms with Gasteiger partial charge in [-0.2, -0.15) is 0 Å². The number of aromatic hydroxyl groups is 1. The van der Waals surface area contributed by atoms with Crippen molar-refractivity contribution in [3.05, 3.63) is 15.6 Å². The highest BCUT2D eigenvalue weighted by molar-refractivity contribution is 9.10. The van der Waals surface area contributed by atoms with Gasteiger partial charge in [0.2, 0.25) is 0 Å². The Bertz CT molecular complexity index is 390. The van der Waals surface area contributed by atoms with Crippen molar-refractivity contribution in [2.24, 2.45) is 0 Å². The first-order valence-electron chi connectivity index (χ1n) is 5.47. The van der Waals surface area contributed by atoms with Gasteiger partial charge in [-0.25, -0.2) is 0 Å². The van der Waals surface area contributed by atoms with Crippen molar-refractivity contribution in [2.45, 2.75) is 38.9 Å². The third kappa shape index (κ3) is 1.25. The van der Waals surface area contributed by atoms with E-state index in [0.29, 0.717) is 5.75 Å². The van der Waals surface area contributed by atoms with Gasteiger partial charge in [-0.15, -0.1) is 0 Å². The number of halogens is 1. The lowest BCUT2D eigenvalue weighted by Crippen LogP contribution is -2.07. The summed E-state index contributed by atoms with van der Waals surface area (Å²) in [5, 5.41) is 10.2. The average Bonchev–Trinajstić information content (AvgIpc) is 2.78. The molecule has 0 aliphatic carbocycles. The van der Waals surface area contributed by atoms with Crippen molar-refractivity contribution >= 4 is 15.9 Å². The van der Waals surface area contributed by atoms with E-state index in [0.717, 1.165) is 34.2 Å². The zero-order chi connectivity index (χ0) is 11.4. The molecule has 2 heterocycles. The summed E-state index contributed by atoms with van der Waals surface area (Å²) in [6, 6.07) is 0. The van der Waals surface area contributed by atoms with Gasteiger partial charge in [0.05, 0.1) is 4.47 Å². The molecule has 0 fully saturated rings. The normalized spacial score (nSPS) is 25.9. The summed E-state index contributed by atoms with van der Waals surface area (Å²) in [5.74, 6) is 1.69. The molecule has 0 bridgehead atoms. The number of fused-ring (bicyclic) bond motifs is 2. The van der Waals surface area contributed by atoms with Crippen molar-refractivity contribution in [1.29, 1.82) is 0 Å². The Morgan fingerprint density at radius 2 is 1.62 bits per heavy atom. The summed E-state index contributed by atoms with van der Waals surface area (Å²) in [6.07, 6.45) is 1.80. The van der Waals surface area contributed by atoms with E-state index in [9.17, 15) is 5.11 Å². The molecular weight excluding hydrogens is 272 g/mol. The number of benzene rings is 1. The lowest BCUT2D eigenvalue weighted by atomic mass is 10.0. The van der Waals surface area contributed by atoms with E-state index in [1.807, 2.05) is 13.8 Å². The fraction of sp³-hybridized carbons (Fsp3) is 0.500. The fourth-order valence-corrected chi connectivity index (χ4v) is 3.11. The SMILES string of the molecule is CC1Cc2c(Br)c3c(c(O)c2O1)CC(C)O3. The van der Waals surface area contributed by atoms with Gasteiger partial charge >= 0.3 is 0 Å². The molecule has 2 aliphatic rings. The summed E-state index contributed by atoms with van der Waals surface area (Å²) in [5.41, 5.74) is 1.89. The van der Waals surface area contributed by atoms with Gasteiger partial charge in [0, 0.05) is 24.0 Å². The van der Waals surface area contributed by atoms with Crippen LogP contribution in [-0.4, -0.2) is 17.3 Å². The van der Waals surface area contributed by atoms with Crippen LogP contribution >= 0.6 is 15.9 Å². The van der Waals surface area contributed by atoms with Gasteiger partial charge in [0.25, 0.3) is 0 Å². The standard InChI is InChI=1S/C12H13BrO3/c1-5-3-7-9(13)11-8(4-6(2)15-11)10(14)12(7)16-5/h5-6,14H,3-4H2,1-2H3. The third-order valence-corrected chi connectivity index (χ3v) is 3.97. The first-order chi connectivity index (χ1) is 7.58. The molecule has 1 aromatic rings. The van der Waals surface area contributed by atoms with E-state index in [1.165, 1.54) is 0 Å². The first kappa shape index (κ1) is 10.3. The number of hydrogen-bond acceptors (Lipinski definition) is 3. The largest absolute Gasteiger partial charge is 0.504 e. The second kappa shape index (κ2) is 3.29. The maximum Gasteiger partial charge on any atom is 0.166 e. The maximum atomic E-state index is 10.2. The quantitative estimate of drug-likeness (QED) is 0.796. The van der Waals surface area contributed by atoms with Gasteiger partial charge in [-0.1, -0.05) is 0 Å². The Morgan fingerprint density at radius 1 is 1.06 bits per heavy atom. The van der Waals surface area contributed by atoms with E-state index < -0.39 is 0 Å². The van der Waals surface area contributed by atoms with E-state index >= 15 is 0 Å². The molecular formula is C12H13BrO3. The molecule has 0 saturated carbocycles. The summed E-state index contributed by atoms with van der Waals surface area (Å²) < 4.78 is 12.3. The molecule has 2 aliphatic heterocycles. The highest BCUT2D eigenvalue weighted by Crippen LogP contribution is 2.52. The van der Waals surface area contributed by atoms with Gasteiger partial charge in [-0.3, -0.25) is 0 Å². The number of ether oxygens (including phenoxy) is 2. The van der Waals surface area contributed by atoms with Crippen LogP contribution in [0.4, 0.5) is 0 Å². The minimum absolute atomic E-state index is 0.122. The average molecular weight is 285 g/mol. The van der Waals surface area contributed by atoms with Gasteiger partial charge in [0.15, 0.2) is 11.5 Å². The van der Waals surface area contributed by atoms with Gasteiger partial charge in [-0.05, 0) is 29.8 Å². The zero-order valence-electron chi connectivity index (χ0n) is 9.21. The number of hydrogen-bond donors (Lipinski definition) is 1. The summed E-state index contributed by atoms with van der Waals surface area (Å²) >= 11 is 3.56. The Labute approximate surface area is 102 Å². The van der Waals surface area contributed by atoms with Crippen molar-refractivity contribution < 1.29 is 14.6 Å². The van der Waals surface area contributed by atoms with Gasteiger partial charge < -0.3 is 14.6 Å². The van der Waals surface area contributed by atoms with Crippen LogP contribution in [0.2, 0.25) is 0 Å². The summed E-state index contributed by atoms with van der Waals surface area (Å²) in [6.45, 7) is 4.00. The zero-order valence-corrected chi connectivity index (χ0v) is 10.8. The Balaban J connectivity index is 2.22.